The van der Waals surface area contributed by atoms with E-state index in [0.29, 0.717) is 24.6 Å². The average molecular weight is 298 g/mol. The first kappa shape index (κ1) is 15.6. The van der Waals surface area contributed by atoms with E-state index in [2.05, 4.69) is 4.99 Å². The zero-order chi connectivity index (χ0) is 13.7. The SMILES string of the molecule is Cl.N=C(N=C(N)N)N(Cc1ccco1)Cc1ccco1. The second-order valence-corrected chi connectivity index (χ2v) is 3.88. The summed E-state index contributed by atoms with van der Waals surface area (Å²) in [5, 5.41) is 7.88. The van der Waals surface area contributed by atoms with Crippen LogP contribution in [0.3, 0.4) is 0 Å². The molecule has 0 spiro atoms. The number of nitrogens with one attached hydrogen (secondary N) is 1. The topological polar surface area (TPSA) is 118 Å². The summed E-state index contributed by atoms with van der Waals surface area (Å²) in [7, 11) is 0. The molecule has 2 aromatic heterocycles. The fourth-order valence-electron chi connectivity index (χ4n) is 1.58. The quantitative estimate of drug-likeness (QED) is 0.584. The lowest BCUT2D eigenvalue weighted by molar-refractivity contribution is 0.321. The maximum absolute atomic E-state index is 7.88. The molecule has 0 saturated heterocycles. The van der Waals surface area contributed by atoms with Gasteiger partial charge in [-0.2, -0.15) is 4.99 Å². The Morgan fingerprint density at radius 2 is 1.60 bits per heavy atom. The predicted molar refractivity (Wildman–Crippen MR) is 77.4 cm³/mol. The van der Waals surface area contributed by atoms with E-state index in [1.54, 1.807) is 29.6 Å². The van der Waals surface area contributed by atoms with Gasteiger partial charge in [0.1, 0.15) is 11.5 Å². The molecule has 0 aromatic carbocycles. The molecule has 7 nitrogen and oxygen atoms in total. The van der Waals surface area contributed by atoms with E-state index in [-0.39, 0.29) is 24.3 Å². The first-order valence-corrected chi connectivity index (χ1v) is 5.63. The summed E-state index contributed by atoms with van der Waals surface area (Å²) in [6.45, 7) is 0.757. The maximum Gasteiger partial charge on any atom is 0.221 e. The van der Waals surface area contributed by atoms with Crippen molar-refractivity contribution >= 4 is 24.3 Å². The Balaban J connectivity index is 0.00000200. The minimum atomic E-state index is -0.158. The molecule has 2 rings (SSSR count). The molecule has 0 radical (unpaired) electrons. The summed E-state index contributed by atoms with van der Waals surface area (Å²) in [6, 6.07) is 7.20. The van der Waals surface area contributed by atoms with Gasteiger partial charge in [-0.05, 0) is 24.3 Å². The molecule has 0 aliphatic heterocycles. The Labute approximate surface area is 122 Å². The van der Waals surface area contributed by atoms with Crippen LogP contribution < -0.4 is 11.5 Å². The van der Waals surface area contributed by atoms with Crippen molar-refractivity contribution in [3.05, 3.63) is 48.3 Å². The number of hydrogen-bond acceptors (Lipinski definition) is 3. The molecule has 0 fully saturated rings. The molecule has 8 heteroatoms. The third-order valence-corrected chi connectivity index (χ3v) is 2.39. The fraction of sp³-hybridized carbons (Fsp3) is 0.167. The van der Waals surface area contributed by atoms with E-state index >= 15 is 0 Å². The molecule has 5 N–H and O–H groups in total. The van der Waals surface area contributed by atoms with Crippen molar-refractivity contribution in [3.63, 3.8) is 0 Å². The Bertz CT molecular complexity index is 510. The van der Waals surface area contributed by atoms with Gasteiger partial charge in [-0.1, -0.05) is 0 Å². The number of aliphatic imine (C=N–C) groups is 1. The standard InChI is InChI=1S/C12H15N5O2.ClH/c13-11(14)16-12(15)17(7-9-3-1-5-18-9)8-10-4-2-6-19-10;/h1-6H,7-8H2,(H5,13,14,15,16);1H. The van der Waals surface area contributed by atoms with Crippen LogP contribution >= 0.6 is 12.4 Å². The lowest BCUT2D eigenvalue weighted by Crippen LogP contribution is -2.32. The molecule has 2 aromatic rings. The van der Waals surface area contributed by atoms with Crippen molar-refractivity contribution in [1.29, 1.82) is 5.41 Å². The number of nitrogens with two attached hydrogens (primary N) is 2. The molecular formula is C12H16ClN5O2. The largest absolute Gasteiger partial charge is 0.467 e. The summed E-state index contributed by atoms with van der Waals surface area (Å²) in [5.41, 5.74) is 10.6. The normalized spacial score (nSPS) is 9.60. The van der Waals surface area contributed by atoms with E-state index in [9.17, 15) is 0 Å². The highest BCUT2D eigenvalue weighted by molar-refractivity contribution is 5.91. The molecule has 0 amide bonds. The van der Waals surface area contributed by atoms with Crippen LogP contribution in [-0.4, -0.2) is 16.8 Å². The molecule has 20 heavy (non-hydrogen) atoms. The lowest BCUT2D eigenvalue weighted by Gasteiger charge is -2.20. The summed E-state index contributed by atoms with van der Waals surface area (Å²) >= 11 is 0. The van der Waals surface area contributed by atoms with Crippen molar-refractivity contribution in [3.8, 4) is 0 Å². The minimum Gasteiger partial charge on any atom is -0.467 e. The van der Waals surface area contributed by atoms with Gasteiger partial charge in [0.05, 0.1) is 25.6 Å². The molecule has 0 bridgehead atoms. The van der Waals surface area contributed by atoms with Crippen LogP contribution in [0.15, 0.2) is 50.6 Å². The zero-order valence-electron chi connectivity index (χ0n) is 10.7. The van der Waals surface area contributed by atoms with E-state index < -0.39 is 0 Å². The average Bonchev–Trinajstić information content (AvgIpc) is 2.99. The van der Waals surface area contributed by atoms with Crippen LogP contribution in [0.4, 0.5) is 0 Å². The fourth-order valence-corrected chi connectivity index (χ4v) is 1.58. The van der Waals surface area contributed by atoms with Crippen LogP contribution in [-0.2, 0) is 13.1 Å². The Kier molecular flexibility index (Phi) is 5.67. The van der Waals surface area contributed by atoms with Crippen LogP contribution in [0.1, 0.15) is 11.5 Å². The van der Waals surface area contributed by atoms with Crippen molar-refractivity contribution < 1.29 is 8.83 Å². The zero-order valence-corrected chi connectivity index (χ0v) is 11.5. The number of halogens is 1. The van der Waals surface area contributed by atoms with Crippen LogP contribution in [0.25, 0.3) is 0 Å². The Morgan fingerprint density at radius 3 is 1.95 bits per heavy atom. The van der Waals surface area contributed by atoms with Gasteiger partial charge in [0, 0.05) is 0 Å². The molecular weight excluding hydrogens is 282 g/mol. The van der Waals surface area contributed by atoms with Gasteiger partial charge in [0.25, 0.3) is 0 Å². The highest BCUT2D eigenvalue weighted by Gasteiger charge is 2.14. The smallest absolute Gasteiger partial charge is 0.221 e. The molecule has 108 valence electrons. The van der Waals surface area contributed by atoms with Crippen molar-refractivity contribution in [1.82, 2.24) is 4.90 Å². The van der Waals surface area contributed by atoms with Gasteiger partial charge in [-0.15, -0.1) is 12.4 Å². The molecule has 2 heterocycles. The number of nitrogens with zero attached hydrogens (tertiary/aromatic N) is 2. The molecule has 0 aliphatic rings. The van der Waals surface area contributed by atoms with Gasteiger partial charge in [0.15, 0.2) is 5.96 Å². The van der Waals surface area contributed by atoms with Crippen LogP contribution in [0.5, 0.6) is 0 Å². The third kappa shape index (κ3) is 4.36. The first-order valence-electron chi connectivity index (χ1n) is 5.63. The summed E-state index contributed by atoms with van der Waals surface area (Å²) in [6.07, 6.45) is 3.15. The molecule has 0 aliphatic carbocycles. The highest BCUT2D eigenvalue weighted by atomic mass is 35.5. The van der Waals surface area contributed by atoms with Crippen molar-refractivity contribution in [2.24, 2.45) is 16.5 Å². The third-order valence-electron chi connectivity index (χ3n) is 2.39. The number of hydrogen-bond donors (Lipinski definition) is 3. The number of guanidine groups is 2. The van der Waals surface area contributed by atoms with Crippen LogP contribution in [0.2, 0.25) is 0 Å². The van der Waals surface area contributed by atoms with E-state index in [1.807, 2.05) is 12.1 Å². The van der Waals surface area contributed by atoms with Gasteiger partial charge in [-0.25, -0.2) is 0 Å². The minimum absolute atomic E-state index is 0. The monoisotopic (exact) mass is 297 g/mol. The second kappa shape index (κ2) is 7.25. The van der Waals surface area contributed by atoms with E-state index in [0.717, 1.165) is 0 Å². The summed E-state index contributed by atoms with van der Waals surface area (Å²) in [4.78, 5) is 5.37. The van der Waals surface area contributed by atoms with E-state index in [1.165, 1.54) is 0 Å². The van der Waals surface area contributed by atoms with E-state index in [4.69, 9.17) is 25.7 Å². The van der Waals surface area contributed by atoms with Gasteiger partial charge in [-0.3, -0.25) is 5.41 Å². The molecule has 0 atom stereocenters. The second-order valence-electron chi connectivity index (χ2n) is 3.88. The maximum atomic E-state index is 7.88. The summed E-state index contributed by atoms with van der Waals surface area (Å²) in [5.74, 6) is 1.21. The molecule has 0 unspecified atom stereocenters. The van der Waals surface area contributed by atoms with Crippen molar-refractivity contribution in [2.75, 3.05) is 0 Å². The van der Waals surface area contributed by atoms with Gasteiger partial charge < -0.3 is 25.2 Å². The Morgan fingerprint density at radius 1 is 1.10 bits per heavy atom. The molecule has 0 saturated carbocycles. The number of furan rings is 2. The predicted octanol–water partition coefficient (Wildman–Crippen LogP) is 1.50. The van der Waals surface area contributed by atoms with Crippen LogP contribution in [0, 0.1) is 5.41 Å². The number of rotatable bonds is 4. The highest BCUT2D eigenvalue weighted by Crippen LogP contribution is 2.11. The lowest BCUT2D eigenvalue weighted by atomic mass is 10.3. The van der Waals surface area contributed by atoms with Gasteiger partial charge in [0.2, 0.25) is 5.96 Å². The Hall–Kier alpha value is -2.41. The first-order chi connectivity index (χ1) is 9.15. The van der Waals surface area contributed by atoms with Crippen molar-refractivity contribution in [2.45, 2.75) is 13.1 Å². The van der Waals surface area contributed by atoms with Gasteiger partial charge >= 0.3 is 0 Å². The summed E-state index contributed by atoms with van der Waals surface area (Å²) < 4.78 is 10.5.